The summed E-state index contributed by atoms with van der Waals surface area (Å²) in [5.74, 6) is 0. The van der Waals surface area contributed by atoms with Crippen molar-refractivity contribution in [2.45, 2.75) is 51.6 Å². The van der Waals surface area contributed by atoms with E-state index in [2.05, 4.69) is 62.7 Å². The number of anilines is 1. The van der Waals surface area contributed by atoms with Gasteiger partial charge in [-0.25, -0.2) is 0 Å². The van der Waals surface area contributed by atoms with E-state index >= 15 is 0 Å². The van der Waals surface area contributed by atoms with Crippen LogP contribution in [0.4, 0.5) is 5.69 Å². The largest absolute Gasteiger partial charge is 0.371 e. The number of aryl methyl sites for hydroxylation is 1. The number of pyridine rings is 1. The van der Waals surface area contributed by atoms with Crippen molar-refractivity contribution in [3.05, 3.63) is 36.0 Å². The Hall–Kier alpha value is -1.69. The van der Waals surface area contributed by atoms with Gasteiger partial charge in [0.1, 0.15) is 0 Å². The Morgan fingerprint density at radius 3 is 2.00 bits per heavy atom. The van der Waals surface area contributed by atoms with Crippen molar-refractivity contribution in [1.82, 2.24) is 19.7 Å². The first-order valence-electron chi connectivity index (χ1n) is 12.5. The molecular weight excluding hydrogens is 382 g/mol. The van der Waals surface area contributed by atoms with Gasteiger partial charge in [-0.3, -0.25) is 14.8 Å². The van der Waals surface area contributed by atoms with Crippen LogP contribution in [0.2, 0.25) is 0 Å². The summed E-state index contributed by atoms with van der Waals surface area (Å²) in [7, 11) is 0. The van der Waals surface area contributed by atoms with E-state index in [0.29, 0.717) is 0 Å². The molecule has 0 radical (unpaired) electrons. The molecule has 0 amide bonds. The van der Waals surface area contributed by atoms with Crippen molar-refractivity contribution in [2.24, 2.45) is 0 Å². The normalized spacial score (nSPS) is 23.6. The van der Waals surface area contributed by atoms with Crippen LogP contribution in [-0.4, -0.2) is 90.7 Å². The minimum Gasteiger partial charge on any atom is -0.371 e. The Balaban J connectivity index is 1.15. The molecule has 2 aromatic rings. The van der Waals surface area contributed by atoms with Gasteiger partial charge >= 0.3 is 0 Å². The minimum atomic E-state index is 0.758. The molecular formula is C26H39N5. The number of para-hydroxylation sites is 1. The zero-order valence-corrected chi connectivity index (χ0v) is 19.5. The number of piperazine rings is 1. The maximum Gasteiger partial charge on any atom is 0.0723 e. The lowest BCUT2D eigenvalue weighted by atomic mass is 9.98. The summed E-state index contributed by atoms with van der Waals surface area (Å²) < 4.78 is 0. The van der Waals surface area contributed by atoms with E-state index in [-0.39, 0.29) is 0 Å². The van der Waals surface area contributed by atoms with Crippen LogP contribution in [0.25, 0.3) is 10.9 Å². The Morgan fingerprint density at radius 1 is 0.806 bits per heavy atom. The lowest BCUT2D eigenvalue weighted by Crippen LogP contribution is -2.56. The van der Waals surface area contributed by atoms with Crippen molar-refractivity contribution in [3.8, 4) is 0 Å². The SMILES string of the molecule is CCN1CCC(N2CCN(C3CCN(c4c(C)cnc5ccccc45)CC3)CC2)CC1. The molecule has 0 aliphatic carbocycles. The van der Waals surface area contributed by atoms with E-state index in [4.69, 9.17) is 0 Å². The highest BCUT2D eigenvalue weighted by Gasteiger charge is 2.31. The number of aromatic nitrogens is 1. The predicted molar refractivity (Wildman–Crippen MR) is 130 cm³/mol. The van der Waals surface area contributed by atoms with Gasteiger partial charge < -0.3 is 9.80 Å². The summed E-state index contributed by atoms with van der Waals surface area (Å²) in [5, 5.41) is 1.31. The van der Waals surface area contributed by atoms with Crippen LogP contribution >= 0.6 is 0 Å². The van der Waals surface area contributed by atoms with Crippen molar-refractivity contribution in [3.63, 3.8) is 0 Å². The van der Waals surface area contributed by atoms with Gasteiger partial charge in [-0.15, -0.1) is 0 Å². The highest BCUT2D eigenvalue weighted by atomic mass is 15.3. The zero-order valence-electron chi connectivity index (χ0n) is 19.5. The second-order valence-electron chi connectivity index (χ2n) is 9.76. The fourth-order valence-electron chi connectivity index (χ4n) is 6.17. The molecule has 3 saturated heterocycles. The molecule has 0 spiro atoms. The summed E-state index contributed by atoms with van der Waals surface area (Å²) in [6.45, 7) is 15.7. The Labute approximate surface area is 188 Å². The van der Waals surface area contributed by atoms with Gasteiger partial charge in [-0.1, -0.05) is 25.1 Å². The molecule has 31 heavy (non-hydrogen) atoms. The Kier molecular flexibility index (Phi) is 6.44. The summed E-state index contributed by atoms with van der Waals surface area (Å²) >= 11 is 0. The number of nitrogens with zero attached hydrogens (tertiary/aromatic N) is 5. The first kappa shape index (κ1) is 21.2. The van der Waals surface area contributed by atoms with E-state index in [9.17, 15) is 0 Å². The third kappa shape index (κ3) is 4.46. The molecule has 3 aliphatic rings. The highest BCUT2D eigenvalue weighted by Crippen LogP contribution is 2.32. The van der Waals surface area contributed by atoms with Crippen LogP contribution in [0.15, 0.2) is 30.5 Å². The Morgan fingerprint density at radius 2 is 1.39 bits per heavy atom. The maximum atomic E-state index is 4.64. The molecule has 1 aromatic carbocycles. The van der Waals surface area contributed by atoms with Gasteiger partial charge in [0.2, 0.25) is 0 Å². The van der Waals surface area contributed by atoms with Crippen LogP contribution in [0.3, 0.4) is 0 Å². The van der Waals surface area contributed by atoms with Crippen LogP contribution in [0.5, 0.6) is 0 Å². The molecule has 0 saturated carbocycles. The highest BCUT2D eigenvalue weighted by molar-refractivity contribution is 5.93. The molecule has 5 heteroatoms. The summed E-state index contributed by atoms with van der Waals surface area (Å²) in [4.78, 5) is 15.5. The molecule has 3 aliphatic heterocycles. The van der Waals surface area contributed by atoms with E-state index in [1.807, 2.05) is 6.20 Å². The van der Waals surface area contributed by atoms with Gasteiger partial charge in [0.15, 0.2) is 0 Å². The van der Waals surface area contributed by atoms with Gasteiger partial charge in [-0.05, 0) is 63.9 Å². The van der Waals surface area contributed by atoms with Gasteiger partial charge in [0.05, 0.1) is 11.2 Å². The number of benzene rings is 1. The second-order valence-corrected chi connectivity index (χ2v) is 9.76. The smallest absolute Gasteiger partial charge is 0.0723 e. The van der Waals surface area contributed by atoms with Crippen molar-refractivity contribution >= 4 is 16.6 Å². The standard InChI is InChI=1S/C26H39N5/c1-3-28-12-8-22(9-13-28)29-16-18-30(19-17-29)23-10-14-31(15-11-23)26-21(2)20-27-25-7-5-4-6-24(25)26/h4-7,20,22-23H,3,8-19H2,1-2H3. The lowest BCUT2D eigenvalue weighted by Gasteiger charge is -2.46. The molecule has 5 nitrogen and oxygen atoms in total. The maximum absolute atomic E-state index is 4.64. The Bertz CT molecular complexity index is 859. The molecule has 168 valence electrons. The van der Waals surface area contributed by atoms with Crippen molar-refractivity contribution < 1.29 is 0 Å². The van der Waals surface area contributed by atoms with Crippen LogP contribution < -0.4 is 4.90 Å². The number of piperidine rings is 2. The lowest BCUT2D eigenvalue weighted by molar-refractivity contribution is 0.0384. The van der Waals surface area contributed by atoms with Gasteiger partial charge in [0, 0.05) is 62.9 Å². The summed E-state index contributed by atoms with van der Waals surface area (Å²) in [6, 6.07) is 10.2. The summed E-state index contributed by atoms with van der Waals surface area (Å²) in [5.41, 5.74) is 3.83. The zero-order chi connectivity index (χ0) is 21.2. The monoisotopic (exact) mass is 421 g/mol. The van der Waals surface area contributed by atoms with Gasteiger partial charge in [0.25, 0.3) is 0 Å². The fourth-order valence-corrected chi connectivity index (χ4v) is 6.17. The predicted octanol–water partition coefficient (Wildman–Crippen LogP) is 3.61. The summed E-state index contributed by atoms with van der Waals surface area (Å²) in [6.07, 6.45) is 7.35. The van der Waals surface area contributed by atoms with E-state index in [0.717, 1.165) is 30.7 Å². The molecule has 0 unspecified atom stereocenters. The number of rotatable bonds is 4. The average Bonchev–Trinajstić information content (AvgIpc) is 2.84. The van der Waals surface area contributed by atoms with Crippen molar-refractivity contribution in [2.75, 3.05) is 63.8 Å². The van der Waals surface area contributed by atoms with E-state index in [1.165, 1.54) is 88.1 Å². The topological polar surface area (TPSA) is 25.9 Å². The molecule has 0 atom stereocenters. The molecule has 5 rings (SSSR count). The van der Waals surface area contributed by atoms with Crippen LogP contribution in [0.1, 0.15) is 38.2 Å². The third-order valence-corrected chi connectivity index (χ3v) is 8.10. The number of hydrogen-bond acceptors (Lipinski definition) is 5. The van der Waals surface area contributed by atoms with E-state index in [1.54, 1.807) is 0 Å². The van der Waals surface area contributed by atoms with Crippen LogP contribution in [-0.2, 0) is 0 Å². The quantitative estimate of drug-likeness (QED) is 0.751. The van der Waals surface area contributed by atoms with Gasteiger partial charge in [-0.2, -0.15) is 0 Å². The third-order valence-electron chi connectivity index (χ3n) is 8.10. The first-order chi connectivity index (χ1) is 15.2. The second kappa shape index (κ2) is 9.43. The first-order valence-corrected chi connectivity index (χ1v) is 12.5. The van der Waals surface area contributed by atoms with E-state index < -0.39 is 0 Å². The molecule has 0 N–H and O–H groups in total. The molecule has 3 fully saturated rings. The number of fused-ring (bicyclic) bond motifs is 1. The van der Waals surface area contributed by atoms with Crippen molar-refractivity contribution in [1.29, 1.82) is 0 Å². The fraction of sp³-hybridized carbons (Fsp3) is 0.654. The molecule has 1 aromatic heterocycles. The molecule has 0 bridgehead atoms. The minimum absolute atomic E-state index is 0.758. The average molecular weight is 422 g/mol. The molecule has 4 heterocycles. The number of hydrogen-bond donors (Lipinski definition) is 0. The number of likely N-dealkylation sites (tertiary alicyclic amines) is 1. The van der Waals surface area contributed by atoms with Crippen LogP contribution in [0, 0.1) is 6.92 Å².